The second-order valence-electron chi connectivity index (χ2n) is 6.60. The third-order valence-corrected chi connectivity index (χ3v) is 5.11. The first kappa shape index (κ1) is 17.8. The van der Waals surface area contributed by atoms with E-state index >= 15 is 0 Å². The number of nitrogens with zero attached hydrogens (tertiary/aromatic N) is 1. The molecule has 2 aliphatic rings. The number of aromatic hydroxyl groups is 1. The second kappa shape index (κ2) is 7.47. The summed E-state index contributed by atoms with van der Waals surface area (Å²) >= 11 is 5.70. The summed E-state index contributed by atoms with van der Waals surface area (Å²) in [6, 6.07) is 2.02. The molecule has 0 atom stereocenters. The van der Waals surface area contributed by atoms with Gasteiger partial charge in [0.05, 0.1) is 10.6 Å². The van der Waals surface area contributed by atoms with Crippen LogP contribution in [0, 0.1) is 5.82 Å². The van der Waals surface area contributed by atoms with Crippen LogP contribution in [0.4, 0.5) is 9.18 Å². The zero-order valence-corrected chi connectivity index (χ0v) is 14.5. The molecule has 1 saturated heterocycles. The van der Waals surface area contributed by atoms with Gasteiger partial charge in [-0.1, -0.05) is 11.6 Å². The number of carbonyl (C=O) groups is 2. The molecule has 1 aromatic carbocycles. The Labute approximate surface area is 150 Å². The number of likely N-dealkylation sites (tertiary alicyclic amines) is 1. The quantitative estimate of drug-likeness (QED) is 0.766. The molecule has 1 aliphatic heterocycles. The minimum atomic E-state index is -0.685. The fourth-order valence-electron chi connectivity index (χ4n) is 3.05. The lowest BCUT2D eigenvalue weighted by Crippen LogP contribution is -2.52. The Hall–Kier alpha value is -2.02. The molecular formula is C17H21ClFN3O3. The molecule has 0 aromatic heterocycles. The highest BCUT2D eigenvalue weighted by molar-refractivity contribution is 6.32. The lowest BCUT2D eigenvalue weighted by molar-refractivity contribution is 0.0914. The summed E-state index contributed by atoms with van der Waals surface area (Å²) in [7, 11) is 0. The van der Waals surface area contributed by atoms with Crippen molar-refractivity contribution in [3.8, 4) is 5.75 Å². The summed E-state index contributed by atoms with van der Waals surface area (Å²) in [6.07, 6.45) is 4.45. The van der Waals surface area contributed by atoms with Crippen LogP contribution in [0.2, 0.25) is 5.02 Å². The van der Waals surface area contributed by atoms with Crippen molar-refractivity contribution >= 4 is 23.5 Å². The third-order valence-electron chi connectivity index (χ3n) is 4.82. The molecule has 1 heterocycles. The number of urea groups is 1. The van der Waals surface area contributed by atoms with Crippen LogP contribution in [-0.2, 0) is 0 Å². The predicted octanol–water partition coefficient (Wildman–Crippen LogP) is 2.64. The topological polar surface area (TPSA) is 81.7 Å². The van der Waals surface area contributed by atoms with Crippen molar-refractivity contribution in [2.24, 2.45) is 0 Å². The Morgan fingerprint density at radius 2 is 1.76 bits per heavy atom. The molecule has 136 valence electrons. The number of piperidine rings is 1. The average Bonchev–Trinajstić information content (AvgIpc) is 2.54. The molecule has 25 heavy (non-hydrogen) atoms. The smallest absolute Gasteiger partial charge is 0.317 e. The monoisotopic (exact) mass is 369 g/mol. The molecule has 1 aliphatic carbocycles. The molecule has 3 amide bonds. The van der Waals surface area contributed by atoms with Gasteiger partial charge in [0.25, 0.3) is 5.91 Å². The van der Waals surface area contributed by atoms with Gasteiger partial charge in [0.15, 0.2) is 0 Å². The number of phenols is 1. The van der Waals surface area contributed by atoms with Gasteiger partial charge in [-0.05, 0) is 44.2 Å². The van der Waals surface area contributed by atoms with Gasteiger partial charge < -0.3 is 20.6 Å². The first-order chi connectivity index (χ1) is 11.9. The van der Waals surface area contributed by atoms with E-state index in [1.807, 2.05) is 0 Å². The van der Waals surface area contributed by atoms with Crippen molar-refractivity contribution < 1.29 is 19.1 Å². The highest BCUT2D eigenvalue weighted by Gasteiger charge is 2.27. The van der Waals surface area contributed by atoms with Crippen LogP contribution in [0.15, 0.2) is 12.1 Å². The number of benzene rings is 1. The lowest BCUT2D eigenvalue weighted by atomic mass is 9.93. The first-order valence-electron chi connectivity index (χ1n) is 8.48. The van der Waals surface area contributed by atoms with Gasteiger partial charge in [0.1, 0.15) is 11.6 Å². The van der Waals surface area contributed by atoms with Crippen LogP contribution < -0.4 is 10.6 Å². The molecular weight excluding hydrogens is 349 g/mol. The number of hydrogen-bond acceptors (Lipinski definition) is 3. The van der Waals surface area contributed by atoms with Crippen molar-refractivity contribution in [2.45, 2.75) is 44.2 Å². The van der Waals surface area contributed by atoms with E-state index in [4.69, 9.17) is 11.6 Å². The standard InChI is InChI=1S/C17H21ClFN3O3/c18-14-9-10(19)8-13(15(14)23)16(24)20-12-4-6-22(7-5-12)17(25)21-11-2-1-3-11/h8-9,11-12,23H,1-7H2,(H,20,24)(H,21,25). The van der Waals surface area contributed by atoms with Crippen molar-refractivity contribution in [1.29, 1.82) is 0 Å². The Morgan fingerprint density at radius 3 is 2.36 bits per heavy atom. The summed E-state index contributed by atoms with van der Waals surface area (Å²) in [6.45, 7) is 1.08. The number of rotatable bonds is 3. The summed E-state index contributed by atoms with van der Waals surface area (Å²) in [5.41, 5.74) is -0.185. The Morgan fingerprint density at radius 1 is 1.12 bits per heavy atom. The van der Waals surface area contributed by atoms with Crippen LogP contribution in [0.1, 0.15) is 42.5 Å². The van der Waals surface area contributed by atoms with Crippen molar-refractivity contribution in [3.63, 3.8) is 0 Å². The Kier molecular flexibility index (Phi) is 5.32. The minimum Gasteiger partial charge on any atom is -0.506 e. The minimum absolute atomic E-state index is 0.0518. The van der Waals surface area contributed by atoms with Gasteiger partial charge in [0.2, 0.25) is 0 Å². The van der Waals surface area contributed by atoms with Crippen molar-refractivity contribution in [3.05, 3.63) is 28.5 Å². The molecule has 0 unspecified atom stereocenters. The summed E-state index contributed by atoms with van der Waals surface area (Å²) in [4.78, 5) is 26.1. The molecule has 0 bridgehead atoms. The van der Waals surface area contributed by atoms with E-state index in [1.165, 1.54) is 0 Å². The fourth-order valence-corrected chi connectivity index (χ4v) is 3.25. The molecule has 1 aromatic rings. The van der Waals surface area contributed by atoms with E-state index in [1.54, 1.807) is 4.90 Å². The molecule has 2 fully saturated rings. The molecule has 6 nitrogen and oxygen atoms in total. The Bertz CT molecular complexity index is 673. The number of carbonyl (C=O) groups excluding carboxylic acids is 2. The van der Waals surface area contributed by atoms with Gasteiger partial charge in [-0.15, -0.1) is 0 Å². The zero-order valence-electron chi connectivity index (χ0n) is 13.7. The van der Waals surface area contributed by atoms with E-state index < -0.39 is 17.5 Å². The molecule has 3 rings (SSSR count). The zero-order chi connectivity index (χ0) is 18.0. The van der Waals surface area contributed by atoms with Crippen LogP contribution in [0.25, 0.3) is 0 Å². The summed E-state index contributed by atoms with van der Waals surface area (Å²) in [5.74, 6) is -1.69. The largest absolute Gasteiger partial charge is 0.506 e. The van der Waals surface area contributed by atoms with Crippen LogP contribution in [0.5, 0.6) is 5.75 Å². The molecule has 0 spiro atoms. The van der Waals surface area contributed by atoms with Gasteiger partial charge in [-0.25, -0.2) is 9.18 Å². The molecule has 3 N–H and O–H groups in total. The van der Waals surface area contributed by atoms with Crippen LogP contribution in [-0.4, -0.2) is 47.1 Å². The van der Waals surface area contributed by atoms with Crippen molar-refractivity contribution in [2.75, 3.05) is 13.1 Å². The summed E-state index contributed by atoms with van der Waals surface area (Å²) < 4.78 is 13.4. The normalized spacial score (nSPS) is 18.6. The van der Waals surface area contributed by atoms with E-state index in [0.29, 0.717) is 32.0 Å². The highest BCUT2D eigenvalue weighted by atomic mass is 35.5. The fraction of sp³-hybridized carbons (Fsp3) is 0.529. The second-order valence-corrected chi connectivity index (χ2v) is 7.00. The summed E-state index contributed by atoms with van der Waals surface area (Å²) in [5, 5.41) is 15.4. The SMILES string of the molecule is O=C(NC1CCN(C(=O)NC2CCC2)CC1)c1cc(F)cc(Cl)c1O. The highest BCUT2D eigenvalue weighted by Crippen LogP contribution is 2.28. The van der Waals surface area contributed by atoms with Gasteiger partial charge in [-0.3, -0.25) is 4.79 Å². The third kappa shape index (κ3) is 4.15. The van der Waals surface area contributed by atoms with E-state index in [0.717, 1.165) is 31.4 Å². The Balaban J connectivity index is 1.52. The average molecular weight is 370 g/mol. The van der Waals surface area contributed by atoms with Crippen LogP contribution in [0.3, 0.4) is 0 Å². The maximum absolute atomic E-state index is 13.4. The van der Waals surface area contributed by atoms with Gasteiger partial charge in [-0.2, -0.15) is 0 Å². The number of phenolic OH excluding ortho intramolecular Hbond substituents is 1. The van der Waals surface area contributed by atoms with Crippen molar-refractivity contribution in [1.82, 2.24) is 15.5 Å². The predicted molar refractivity (Wildman–Crippen MR) is 91.3 cm³/mol. The molecule has 8 heteroatoms. The van der Waals surface area contributed by atoms with E-state index in [2.05, 4.69) is 10.6 Å². The molecule has 1 saturated carbocycles. The number of halogens is 2. The number of amides is 3. The maximum atomic E-state index is 13.4. The maximum Gasteiger partial charge on any atom is 0.317 e. The van der Waals surface area contributed by atoms with E-state index in [9.17, 15) is 19.1 Å². The van der Waals surface area contributed by atoms with Crippen LogP contribution >= 0.6 is 11.6 Å². The van der Waals surface area contributed by atoms with Gasteiger partial charge >= 0.3 is 6.03 Å². The molecule has 0 radical (unpaired) electrons. The lowest BCUT2D eigenvalue weighted by Gasteiger charge is -2.35. The number of hydrogen-bond donors (Lipinski definition) is 3. The van der Waals surface area contributed by atoms with E-state index in [-0.39, 0.29) is 22.7 Å². The van der Waals surface area contributed by atoms with Gasteiger partial charge in [0, 0.05) is 25.2 Å². The first-order valence-corrected chi connectivity index (χ1v) is 8.86. The number of nitrogens with one attached hydrogen (secondary N) is 2.